The Morgan fingerprint density at radius 2 is 1.89 bits per heavy atom. The van der Waals surface area contributed by atoms with Crippen molar-refractivity contribution in [3.8, 4) is 0 Å². The van der Waals surface area contributed by atoms with E-state index in [1.807, 2.05) is 0 Å². The lowest BCUT2D eigenvalue weighted by Crippen LogP contribution is -2.26. The molecule has 0 radical (unpaired) electrons. The number of hydroxylamine groups is 2. The van der Waals surface area contributed by atoms with Gasteiger partial charge in [0, 0.05) is 0 Å². The van der Waals surface area contributed by atoms with Crippen molar-refractivity contribution in [2.24, 2.45) is 5.41 Å². The Bertz CT molecular complexity index is 79.0. The van der Waals surface area contributed by atoms with Crippen molar-refractivity contribution in [1.29, 1.82) is 0 Å². The third-order valence-corrected chi connectivity index (χ3v) is 1.61. The summed E-state index contributed by atoms with van der Waals surface area (Å²) in [5.41, 5.74) is 0.177. The van der Waals surface area contributed by atoms with E-state index in [9.17, 15) is 5.21 Å². The standard InChI is InChI=1S/C7H16NO/c1-5-7(2,3)6-8(4)9/h5-6H2,1-4H3/q-1. The second-order valence-electron chi connectivity index (χ2n) is 3.30. The smallest absolute Gasteiger partial charge is 0.00943 e. The van der Waals surface area contributed by atoms with Crippen molar-refractivity contribution in [1.82, 2.24) is 5.06 Å². The number of nitrogens with zero attached hydrogens (tertiary/aromatic N) is 1. The van der Waals surface area contributed by atoms with Gasteiger partial charge in [0.05, 0.1) is 0 Å². The number of rotatable bonds is 3. The van der Waals surface area contributed by atoms with E-state index in [2.05, 4.69) is 20.8 Å². The molecule has 0 aliphatic rings. The lowest BCUT2D eigenvalue weighted by Gasteiger charge is -2.32. The molecule has 0 aromatic carbocycles. The molecule has 0 atom stereocenters. The van der Waals surface area contributed by atoms with Crippen LogP contribution in [0.15, 0.2) is 0 Å². The van der Waals surface area contributed by atoms with Gasteiger partial charge < -0.3 is 10.3 Å². The predicted octanol–water partition coefficient (Wildman–Crippen LogP) is 1.85. The summed E-state index contributed by atoms with van der Waals surface area (Å²) in [7, 11) is 1.57. The van der Waals surface area contributed by atoms with Crippen LogP contribution >= 0.6 is 0 Å². The highest BCUT2D eigenvalue weighted by Crippen LogP contribution is 2.19. The van der Waals surface area contributed by atoms with Crippen LogP contribution in [0.4, 0.5) is 0 Å². The van der Waals surface area contributed by atoms with Gasteiger partial charge in [-0.25, -0.2) is 0 Å². The van der Waals surface area contributed by atoms with Crippen molar-refractivity contribution >= 4 is 0 Å². The highest BCUT2D eigenvalue weighted by atomic mass is 16.5. The lowest BCUT2D eigenvalue weighted by atomic mass is 9.90. The Balaban J connectivity index is 3.58. The fourth-order valence-corrected chi connectivity index (χ4v) is 0.715. The van der Waals surface area contributed by atoms with Gasteiger partial charge in [-0.3, -0.25) is 0 Å². The summed E-state index contributed by atoms with van der Waals surface area (Å²) in [5.74, 6) is 0. The van der Waals surface area contributed by atoms with Gasteiger partial charge in [0.15, 0.2) is 0 Å². The second kappa shape index (κ2) is 3.18. The van der Waals surface area contributed by atoms with Crippen LogP contribution in [0.1, 0.15) is 27.2 Å². The maximum absolute atomic E-state index is 10.5. The Morgan fingerprint density at radius 3 is 2.00 bits per heavy atom. The molecule has 0 rings (SSSR count). The van der Waals surface area contributed by atoms with Gasteiger partial charge in [0.1, 0.15) is 0 Å². The van der Waals surface area contributed by atoms with Crippen LogP contribution < -0.4 is 0 Å². The Hall–Kier alpha value is -0.0800. The summed E-state index contributed by atoms with van der Waals surface area (Å²) in [6.45, 7) is 6.93. The molecule has 0 saturated heterocycles. The fraction of sp³-hybridized carbons (Fsp3) is 1.00. The zero-order valence-electron chi connectivity index (χ0n) is 6.77. The molecular weight excluding hydrogens is 114 g/mol. The van der Waals surface area contributed by atoms with E-state index < -0.39 is 0 Å². The number of hydrogen-bond acceptors (Lipinski definition) is 2. The van der Waals surface area contributed by atoms with Gasteiger partial charge >= 0.3 is 0 Å². The van der Waals surface area contributed by atoms with E-state index in [1.165, 1.54) is 0 Å². The predicted molar refractivity (Wildman–Crippen MR) is 40.1 cm³/mol. The first-order chi connectivity index (χ1) is 3.98. The Kier molecular flexibility index (Phi) is 3.15. The number of hydrogen-bond donors (Lipinski definition) is 0. The zero-order valence-corrected chi connectivity index (χ0v) is 6.77. The summed E-state index contributed by atoms with van der Waals surface area (Å²) in [6.07, 6.45) is 1.06. The van der Waals surface area contributed by atoms with Gasteiger partial charge in [-0.15, -0.1) is 0 Å². The third-order valence-electron chi connectivity index (χ3n) is 1.61. The van der Waals surface area contributed by atoms with Crippen molar-refractivity contribution in [2.45, 2.75) is 27.2 Å². The van der Waals surface area contributed by atoms with Gasteiger partial charge in [-0.1, -0.05) is 20.8 Å². The van der Waals surface area contributed by atoms with E-state index in [4.69, 9.17) is 0 Å². The van der Waals surface area contributed by atoms with E-state index in [-0.39, 0.29) is 5.41 Å². The zero-order chi connectivity index (χ0) is 7.49. The molecule has 0 amide bonds. The summed E-state index contributed by atoms with van der Waals surface area (Å²) < 4.78 is 0. The molecular formula is C7H16NO-. The molecule has 0 N–H and O–H groups in total. The Labute approximate surface area is 57.4 Å². The summed E-state index contributed by atoms with van der Waals surface area (Å²) >= 11 is 0. The molecule has 2 heteroatoms. The van der Waals surface area contributed by atoms with Crippen LogP contribution in [0.3, 0.4) is 0 Å². The largest absolute Gasteiger partial charge is 0.785 e. The van der Waals surface area contributed by atoms with Crippen LogP contribution in [0.5, 0.6) is 0 Å². The van der Waals surface area contributed by atoms with Gasteiger partial charge in [0.25, 0.3) is 0 Å². The van der Waals surface area contributed by atoms with Crippen molar-refractivity contribution in [2.75, 3.05) is 13.6 Å². The van der Waals surface area contributed by atoms with E-state index in [1.54, 1.807) is 7.05 Å². The lowest BCUT2D eigenvalue weighted by molar-refractivity contribution is 0.252. The van der Waals surface area contributed by atoms with Gasteiger partial charge in [-0.2, -0.15) is 0 Å². The maximum atomic E-state index is 10.5. The average molecular weight is 130 g/mol. The minimum absolute atomic E-state index is 0.177. The minimum atomic E-state index is 0.177. The van der Waals surface area contributed by atoms with Crippen LogP contribution in [0.25, 0.3) is 0 Å². The SMILES string of the molecule is CCC(C)(C)CN(C)[O-]. The molecule has 56 valence electrons. The van der Waals surface area contributed by atoms with E-state index in [0.717, 1.165) is 11.5 Å². The highest BCUT2D eigenvalue weighted by Gasteiger charge is 2.13. The molecule has 2 nitrogen and oxygen atoms in total. The van der Waals surface area contributed by atoms with Crippen molar-refractivity contribution < 1.29 is 0 Å². The van der Waals surface area contributed by atoms with Crippen LogP contribution in [0.2, 0.25) is 0 Å². The molecule has 0 aromatic heterocycles. The van der Waals surface area contributed by atoms with E-state index in [0.29, 0.717) is 6.54 Å². The normalized spacial score (nSPS) is 12.7. The topological polar surface area (TPSA) is 26.3 Å². The molecule has 0 heterocycles. The first kappa shape index (κ1) is 8.92. The van der Waals surface area contributed by atoms with E-state index >= 15 is 0 Å². The van der Waals surface area contributed by atoms with Gasteiger partial charge in [0.2, 0.25) is 0 Å². The molecule has 0 aliphatic carbocycles. The molecule has 0 unspecified atom stereocenters. The highest BCUT2D eigenvalue weighted by molar-refractivity contribution is 4.70. The average Bonchev–Trinajstić information content (AvgIpc) is 1.63. The maximum Gasteiger partial charge on any atom is -0.00943 e. The molecule has 0 aromatic rings. The minimum Gasteiger partial charge on any atom is -0.785 e. The molecule has 0 fully saturated rings. The molecule has 9 heavy (non-hydrogen) atoms. The Morgan fingerprint density at radius 1 is 1.44 bits per heavy atom. The quantitative estimate of drug-likeness (QED) is 0.545. The summed E-state index contributed by atoms with van der Waals surface area (Å²) in [4.78, 5) is 0. The van der Waals surface area contributed by atoms with Gasteiger partial charge in [-0.05, 0) is 25.4 Å². The summed E-state index contributed by atoms with van der Waals surface area (Å²) in [6, 6.07) is 0. The molecule has 0 aliphatic heterocycles. The summed E-state index contributed by atoms with van der Waals surface area (Å²) in [5, 5.41) is 11.5. The molecule has 0 spiro atoms. The van der Waals surface area contributed by atoms with Crippen molar-refractivity contribution in [3.63, 3.8) is 0 Å². The molecule has 0 saturated carbocycles. The van der Waals surface area contributed by atoms with Crippen LogP contribution in [-0.4, -0.2) is 18.7 Å². The monoisotopic (exact) mass is 130 g/mol. The van der Waals surface area contributed by atoms with Crippen LogP contribution in [0, 0.1) is 10.6 Å². The first-order valence-electron chi connectivity index (χ1n) is 3.36. The van der Waals surface area contributed by atoms with Crippen molar-refractivity contribution in [3.05, 3.63) is 5.21 Å². The second-order valence-corrected chi connectivity index (χ2v) is 3.30. The first-order valence-corrected chi connectivity index (χ1v) is 3.36. The fourth-order valence-electron chi connectivity index (χ4n) is 0.715. The third kappa shape index (κ3) is 4.43. The van der Waals surface area contributed by atoms with Crippen LogP contribution in [-0.2, 0) is 0 Å². The molecule has 0 bridgehead atoms.